The minimum atomic E-state index is -0.911. The van der Waals surface area contributed by atoms with Crippen molar-refractivity contribution in [2.75, 3.05) is 0 Å². The lowest BCUT2D eigenvalue weighted by Crippen LogP contribution is -2.28. The Bertz CT molecular complexity index is 167. The second kappa shape index (κ2) is 2.81. The molecule has 1 aliphatic rings. The third-order valence-electron chi connectivity index (χ3n) is 2.31. The predicted molar refractivity (Wildman–Crippen MR) is 40.2 cm³/mol. The van der Waals surface area contributed by atoms with E-state index in [1.807, 2.05) is 6.92 Å². The molecule has 0 radical (unpaired) electrons. The van der Waals surface area contributed by atoms with E-state index >= 15 is 0 Å². The van der Waals surface area contributed by atoms with Crippen molar-refractivity contribution < 1.29 is 15.0 Å². The van der Waals surface area contributed by atoms with Crippen LogP contribution in [-0.2, 0) is 4.79 Å². The zero-order valence-electron chi connectivity index (χ0n) is 6.71. The summed E-state index contributed by atoms with van der Waals surface area (Å²) in [5.41, 5.74) is -0.911. The molecule has 0 spiro atoms. The minimum Gasteiger partial charge on any atom is -0.481 e. The van der Waals surface area contributed by atoms with Gasteiger partial charge in [0.25, 0.3) is 0 Å². The van der Waals surface area contributed by atoms with E-state index in [4.69, 9.17) is 5.11 Å². The highest BCUT2D eigenvalue weighted by Crippen LogP contribution is 2.36. The zero-order chi connectivity index (χ0) is 8.48. The third kappa shape index (κ3) is 2.19. The molecular formula is C8H14O3. The summed E-state index contributed by atoms with van der Waals surface area (Å²) in [6.45, 7) is 2.04. The summed E-state index contributed by atoms with van der Waals surface area (Å²) < 4.78 is 0. The smallest absolute Gasteiger partial charge is 0.306 e. The quantitative estimate of drug-likeness (QED) is 0.630. The Morgan fingerprint density at radius 2 is 2.36 bits per heavy atom. The standard InChI is InChI=1S/C8H14O3/c1-6-2-3-8(11,4-6)5-7(9)10/h6,11H,2-5H2,1H3,(H,9,10). The molecule has 64 valence electrons. The predicted octanol–water partition coefficient (Wildman–Crippen LogP) is 1.01. The maximum atomic E-state index is 10.3. The van der Waals surface area contributed by atoms with Crippen LogP contribution >= 0.6 is 0 Å². The van der Waals surface area contributed by atoms with Gasteiger partial charge in [-0.25, -0.2) is 0 Å². The molecular weight excluding hydrogens is 144 g/mol. The lowest BCUT2D eigenvalue weighted by atomic mass is 9.97. The van der Waals surface area contributed by atoms with Gasteiger partial charge in [-0.1, -0.05) is 6.92 Å². The highest BCUT2D eigenvalue weighted by molar-refractivity contribution is 5.68. The Morgan fingerprint density at radius 3 is 2.73 bits per heavy atom. The number of hydrogen-bond donors (Lipinski definition) is 2. The summed E-state index contributed by atoms with van der Waals surface area (Å²) in [4.78, 5) is 10.3. The first-order chi connectivity index (χ1) is 5.02. The van der Waals surface area contributed by atoms with Crippen LogP contribution in [0.5, 0.6) is 0 Å². The van der Waals surface area contributed by atoms with Gasteiger partial charge in [0.15, 0.2) is 0 Å². The average molecular weight is 158 g/mol. The highest BCUT2D eigenvalue weighted by atomic mass is 16.4. The van der Waals surface area contributed by atoms with Gasteiger partial charge < -0.3 is 10.2 Å². The minimum absolute atomic E-state index is 0.0999. The molecule has 2 N–H and O–H groups in total. The maximum Gasteiger partial charge on any atom is 0.306 e. The number of carbonyl (C=O) groups is 1. The van der Waals surface area contributed by atoms with E-state index in [0.29, 0.717) is 18.8 Å². The van der Waals surface area contributed by atoms with Gasteiger partial charge in [0.2, 0.25) is 0 Å². The van der Waals surface area contributed by atoms with Gasteiger partial charge in [-0.15, -0.1) is 0 Å². The molecule has 0 aromatic carbocycles. The summed E-state index contributed by atoms with van der Waals surface area (Å²) >= 11 is 0. The number of aliphatic hydroxyl groups is 1. The number of rotatable bonds is 2. The largest absolute Gasteiger partial charge is 0.481 e. The van der Waals surface area contributed by atoms with E-state index in [1.54, 1.807) is 0 Å². The molecule has 3 nitrogen and oxygen atoms in total. The van der Waals surface area contributed by atoms with Crippen molar-refractivity contribution in [3.63, 3.8) is 0 Å². The number of carboxylic acid groups (broad SMARTS) is 1. The van der Waals surface area contributed by atoms with Crippen LogP contribution in [0.25, 0.3) is 0 Å². The summed E-state index contributed by atoms with van der Waals surface area (Å²) in [6.07, 6.45) is 2.13. The van der Waals surface area contributed by atoms with Gasteiger partial charge in [-0.3, -0.25) is 4.79 Å². The van der Waals surface area contributed by atoms with Crippen molar-refractivity contribution in [2.24, 2.45) is 5.92 Å². The van der Waals surface area contributed by atoms with Crippen LogP contribution in [0.2, 0.25) is 0 Å². The zero-order valence-corrected chi connectivity index (χ0v) is 6.71. The molecule has 3 heteroatoms. The lowest BCUT2D eigenvalue weighted by molar-refractivity contribution is -0.142. The van der Waals surface area contributed by atoms with Gasteiger partial charge in [0, 0.05) is 0 Å². The van der Waals surface area contributed by atoms with E-state index < -0.39 is 11.6 Å². The molecule has 0 aromatic rings. The first kappa shape index (κ1) is 8.53. The van der Waals surface area contributed by atoms with Crippen LogP contribution in [0.1, 0.15) is 32.6 Å². The second-order valence-electron chi connectivity index (χ2n) is 3.64. The molecule has 0 amide bonds. The molecule has 2 unspecified atom stereocenters. The molecule has 0 heterocycles. The first-order valence-corrected chi connectivity index (χ1v) is 3.96. The van der Waals surface area contributed by atoms with Crippen molar-refractivity contribution in [3.8, 4) is 0 Å². The Morgan fingerprint density at radius 1 is 1.73 bits per heavy atom. The van der Waals surface area contributed by atoms with Crippen molar-refractivity contribution >= 4 is 5.97 Å². The Labute approximate surface area is 66.0 Å². The average Bonchev–Trinajstić information content (AvgIpc) is 2.08. The van der Waals surface area contributed by atoms with E-state index in [9.17, 15) is 9.90 Å². The molecule has 11 heavy (non-hydrogen) atoms. The SMILES string of the molecule is CC1CCC(O)(CC(=O)O)C1. The van der Waals surface area contributed by atoms with E-state index in [2.05, 4.69) is 0 Å². The highest BCUT2D eigenvalue weighted by Gasteiger charge is 2.36. The molecule has 1 aliphatic carbocycles. The summed E-state index contributed by atoms with van der Waals surface area (Å²) in [7, 11) is 0. The van der Waals surface area contributed by atoms with Crippen LogP contribution in [-0.4, -0.2) is 21.8 Å². The molecule has 0 aliphatic heterocycles. The monoisotopic (exact) mass is 158 g/mol. The molecule has 1 rings (SSSR count). The molecule has 1 fully saturated rings. The van der Waals surface area contributed by atoms with Crippen molar-refractivity contribution in [2.45, 2.75) is 38.2 Å². The van der Waals surface area contributed by atoms with Crippen LogP contribution in [0, 0.1) is 5.92 Å². The Balaban J connectivity index is 2.48. The number of aliphatic carboxylic acids is 1. The summed E-state index contributed by atoms with van der Waals surface area (Å²) in [5.74, 6) is -0.430. The molecule has 2 atom stereocenters. The van der Waals surface area contributed by atoms with E-state index in [1.165, 1.54) is 0 Å². The van der Waals surface area contributed by atoms with Crippen molar-refractivity contribution in [3.05, 3.63) is 0 Å². The van der Waals surface area contributed by atoms with E-state index in [0.717, 1.165) is 6.42 Å². The maximum absolute atomic E-state index is 10.3. The van der Waals surface area contributed by atoms with Gasteiger partial charge in [-0.2, -0.15) is 0 Å². The lowest BCUT2D eigenvalue weighted by Gasteiger charge is -2.19. The van der Waals surface area contributed by atoms with Crippen molar-refractivity contribution in [1.82, 2.24) is 0 Å². The fourth-order valence-electron chi connectivity index (χ4n) is 1.81. The van der Waals surface area contributed by atoms with Crippen LogP contribution < -0.4 is 0 Å². The number of carboxylic acids is 1. The topological polar surface area (TPSA) is 57.5 Å². The molecule has 1 saturated carbocycles. The van der Waals surface area contributed by atoms with Crippen molar-refractivity contribution in [1.29, 1.82) is 0 Å². The summed E-state index contributed by atoms with van der Waals surface area (Å²) in [5, 5.41) is 18.1. The van der Waals surface area contributed by atoms with Crippen LogP contribution in [0.4, 0.5) is 0 Å². The van der Waals surface area contributed by atoms with Crippen LogP contribution in [0.15, 0.2) is 0 Å². The van der Waals surface area contributed by atoms with Gasteiger partial charge >= 0.3 is 5.97 Å². The van der Waals surface area contributed by atoms with Gasteiger partial charge in [0.05, 0.1) is 12.0 Å². The van der Waals surface area contributed by atoms with Gasteiger partial charge in [0.1, 0.15) is 0 Å². The molecule has 0 bridgehead atoms. The third-order valence-corrected chi connectivity index (χ3v) is 2.31. The molecule has 0 aromatic heterocycles. The first-order valence-electron chi connectivity index (χ1n) is 3.96. The second-order valence-corrected chi connectivity index (χ2v) is 3.64. The Kier molecular flexibility index (Phi) is 2.18. The van der Waals surface area contributed by atoms with Gasteiger partial charge in [-0.05, 0) is 25.2 Å². The summed E-state index contributed by atoms with van der Waals surface area (Å²) in [6, 6.07) is 0. The molecule has 0 saturated heterocycles. The fourth-order valence-corrected chi connectivity index (χ4v) is 1.81. The Hall–Kier alpha value is -0.570. The van der Waals surface area contributed by atoms with E-state index in [-0.39, 0.29) is 6.42 Å². The number of hydrogen-bond acceptors (Lipinski definition) is 2. The normalized spacial score (nSPS) is 37.5. The van der Waals surface area contributed by atoms with Crippen LogP contribution in [0.3, 0.4) is 0 Å². The fraction of sp³-hybridized carbons (Fsp3) is 0.875.